The van der Waals surface area contributed by atoms with Crippen molar-refractivity contribution in [1.82, 2.24) is 19.9 Å². The molecule has 0 atom stereocenters. The first-order chi connectivity index (χ1) is 12.1. The van der Waals surface area contributed by atoms with Gasteiger partial charge in [-0.2, -0.15) is 0 Å². The molecule has 0 bridgehead atoms. The summed E-state index contributed by atoms with van der Waals surface area (Å²) in [6.45, 7) is 9.83. The molecule has 0 N–H and O–H groups in total. The predicted octanol–water partition coefficient (Wildman–Crippen LogP) is 1.50. The van der Waals surface area contributed by atoms with Gasteiger partial charge < -0.3 is 9.64 Å². The normalized spacial score (nSPS) is 15.4. The van der Waals surface area contributed by atoms with E-state index in [0.29, 0.717) is 12.2 Å². The van der Waals surface area contributed by atoms with Crippen molar-refractivity contribution in [2.24, 2.45) is 0 Å². The number of nitrogens with zero attached hydrogens (tertiary/aromatic N) is 5. The number of carbonyl (C=O) groups excluding carboxylic acids is 1. The standard InChI is InChI=1S/C18H25N5O2/c1-14-5-4-6-16(15(14)2)22-10-7-21(8-11-22)9-12-23-17(13-19-20-23)18(24)25-3/h4-6,13H,7-12H2,1-3H3. The summed E-state index contributed by atoms with van der Waals surface area (Å²) in [6, 6.07) is 6.49. The van der Waals surface area contributed by atoms with Gasteiger partial charge in [0.2, 0.25) is 0 Å². The van der Waals surface area contributed by atoms with Gasteiger partial charge in [-0.05, 0) is 31.0 Å². The predicted molar refractivity (Wildman–Crippen MR) is 95.9 cm³/mol. The highest BCUT2D eigenvalue weighted by atomic mass is 16.5. The van der Waals surface area contributed by atoms with Gasteiger partial charge in [0.1, 0.15) is 0 Å². The third kappa shape index (κ3) is 3.82. The highest BCUT2D eigenvalue weighted by molar-refractivity contribution is 5.86. The lowest BCUT2D eigenvalue weighted by Gasteiger charge is -2.37. The zero-order chi connectivity index (χ0) is 17.8. The Bertz CT molecular complexity index is 735. The average molecular weight is 343 g/mol. The maximum atomic E-state index is 11.7. The first kappa shape index (κ1) is 17.4. The zero-order valence-corrected chi connectivity index (χ0v) is 15.1. The van der Waals surface area contributed by atoms with Crippen LogP contribution >= 0.6 is 0 Å². The average Bonchev–Trinajstić information content (AvgIpc) is 3.11. The summed E-state index contributed by atoms with van der Waals surface area (Å²) in [5, 5.41) is 7.79. The maximum Gasteiger partial charge on any atom is 0.358 e. The lowest BCUT2D eigenvalue weighted by atomic mass is 10.1. The molecule has 0 unspecified atom stereocenters. The van der Waals surface area contributed by atoms with Crippen LogP contribution in [0.5, 0.6) is 0 Å². The molecule has 0 radical (unpaired) electrons. The smallest absolute Gasteiger partial charge is 0.358 e. The molecule has 1 saturated heterocycles. The molecule has 0 saturated carbocycles. The van der Waals surface area contributed by atoms with E-state index in [1.165, 1.54) is 30.1 Å². The largest absolute Gasteiger partial charge is 0.464 e. The summed E-state index contributed by atoms with van der Waals surface area (Å²) in [6.07, 6.45) is 1.45. The van der Waals surface area contributed by atoms with Gasteiger partial charge in [-0.15, -0.1) is 5.10 Å². The molecule has 1 aliphatic rings. The Hall–Kier alpha value is -2.41. The number of aryl methyl sites for hydroxylation is 1. The van der Waals surface area contributed by atoms with Gasteiger partial charge in [-0.3, -0.25) is 4.90 Å². The summed E-state index contributed by atoms with van der Waals surface area (Å²) < 4.78 is 6.36. The van der Waals surface area contributed by atoms with Gasteiger partial charge in [-0.25, -0.2) is 9.48 Å². The van der Waals surface area contributed by atoms with Crippen molar-refractivity contribution < 1.29 is 9.53 Å². The Morgan fingerprint density at radius 1 is 1.16 bits per heavy atom. The molecule has 1 aromatic carbocycles. The topological polar surface area (TPSA) is 63.5 Å². The molecule has 0 aliphatic carbocycles. The SMILES string of the molecule is COC(=O)c1cnnn1CCN1CCN(c2cccc(C)c2C)CC1. The molecule has 2 heterocycles. The molecule has 1 aliphatic heterocycles. The molecule has 3 rings (SSSR count). The minimum Gasteiger partial charge on any atom is -0.464 e. The number of anilines is 1. The summed E-state index contributed by atoms with van der Waals surface area (Å²) >= 11 is 0. The van der Waals surface area contributed by atoms with Gasteiger partial charge in [0.25, 0.3) is 0 Å². The number of ether oxygens (including phenoxy) is 1. The molecule has 134 valence electrons. The molecule has 0 spiro atoms. The minimum atomic E-state index is -0.398. The van der Waals surface area contributed by atoms with Gasteiger partial charge in [-0.1, -0.05) is 17.3 Å². The van der Waals surface area contributed by atoms with Crippen molar-refractivity contribution >= 4 is 11.7 Å². The molecular weight excluding hydrogens is 318 g/mol. The van der Waals surface area contributed by atoms with E-state index in [2.05, 4.69) is 52.2 Å². The molecule has 7 heteroatoms. The number of carbonyl (C=O) groups is 1. The number of benzene rings is 1. The van der Waals surface area contributed by atoms with Crippen LogP contribution in [-0.2, 0) is 11.3 Å². The second-order valence-electron chi connectivity index (χ2n) is 6.38. The van der Waals surface area contributed by atoms with Crippen LogP contribution in [0.1, 0.15) is 21.6 Å². The summed E-state index contributed by atoms with van der Waals surface area (Å²) in [5.74, 6) is -0.398. The third-order valence-electron chi connectivity index (χ3n) is 4.93. The number of hydrogen-bond donors (Lipinski definition) is 0. The number of hydrogen-bond acceptors (Lipinski definition) is 6. The van der Waals surface area contributed by atoms with E-state index in [1.54, 1.807) is 4.68 Å². The third-order valence-corrected chi connectivity index (χ3v) is 4.93. The van der Waals surface area contributed by atoms with E-state index in [9.17, 15) is 4.79 Å². The summed E-state index contributed by atoms with van der Waals surface area (Å²) in [7, 11) is 1.37. The minimum absolute atomic E-state index is 0.398. The maximum absolute atomic E-state index is 11.7. The Balaban J connectivity index is 1.54. The van der Waals surface area contributed by atoms with Crippen molar-refractivity contribution in [3.05, 3.63) is 41.2 Å². The second kappa shape index (κ2) is 7.65. The first-order valence-electron chi connectivity index (χ1n) is 8.60. The van der Waals surface area contributed by atoms with Crippen LogP contribution in [0.3, 0.4) is 0 Å². The van der Waals surface area contributed by atoms with E-state index in [0.717, 1.165) is 32.7 Å². The highest BCUT2D eigenvalue weighted by Crippen LogP contribution is 2.23. The number of esters is 1. The number of piperazine rings is 1. The zero-order valence-electron chi connectivity index (χ0n) is 15.1. The lowest BCUT2D eigenvalue weighted by molar-refractivity contribution is 0.0585. The molecule has 2 aromatic rings. The quantitative estimate of drug-likeness (QED) is 0.767. The van der Waals surface area contributed by atoms with E-state index in [1.807, 2.05) is 0 Å². The van der Waals surface area contributed by atoms with Crippen molar-refractivity contribution in [3.8, 4) is 0 Å². The highest BCUT2D eigenvalue weighted by Gasteiger charge is 2.20. The fourth-order valence-electron chi connectivity index (χ4n) is 3.21. The van der Waals surface area contributed by atoms with Crippen LogP contribution in [0.2, 0.25) is 0 Å². The van der Waals surface area contributed by atoms with E-state index >= 15 is 0 Å². The van der Waals surface area contributed by atoms with E-state index in [-0.39, 0.29) is 0 Å². The molecule has 25 heavy (non-hydrogen) atoms. The van der Waals surface area contributed by atoms with Crippen LogP contribution in [-0.4, -0.2) is 65.7 Å². The Morgan fingerprint density at radius 3 is 2.64 bits per heavy atom. The van der Waals surface area contributed by atoms with Crippen LogP contribution < -0.4 is 4.90 Å². The second-order valence-corrected chi connectivity index (χ2v) is 6.38. The fourth-order valence-corrected chi connectivity index (χ4v) is 3.21. The number of methoxy groups -OCH3 is 1. The lowest BCUT2D eigenvalue weighted by Crippen LogP contribution is -2.47. The van der Waals surface area contributed by atoms with Crippen molar-refractivity contribution in [2.75, 3.05) is 44.7 Å². The van der Waals surface area contributed by atoms with Crippen molar-refractivity contribution in [2.45, 2.75) is 20.4 Å². The fraction of sp³-hybridized carbons (Fsp3) is 0.500. The first-order valence-corrected chi connectivity index (χ1v) is 8.60. The monoisotopic (exact) mass is 343 g/mol. The number of aromatic nitrogens is 3. The van der Waals surface area contributed by atoms with Crippen LogP contribution in [0, 0.1) is 13.8 Å². The van der Waals surface area contributed by atoms with Crippen molar-refractivity contribution in [3.63, 3.8) is 0 Å². The number of rotatable bonds is 5. The Kier molecular flexibility index (Phi) is 5.33. The molecular formula is C18H25N5O2. The Labute approximate surface area is 148 Å². The van der Waals surface area contributed by atoms with Crippen LogP contribution in [0.25, 0.3) is 0 Å². The molecule has 7 nitrogen and oxygen atoms in total. The summed E-state index contributed by atoms with van der Waals surface area (Å²) in [4.78, 5) is 16.5. The molecule has 1 fully saturated rings. The van der Waals surface area contributed by atoms with Crippen LogP contribution in [0.15, 0.2) is 24.4 Å². The van der Waals surface area contributed by atoms with Crippen LogP contribution in [0.4, 0.5) is 5.69 Å². The summed E-state index contributed by atoms with van der Waals surface area (Å²) in [5.41, 5.74) is 4.43. The Morgan fingerprint density at radius 2 is 1.92 bits per heavy atom. The molecule has 1 aromatic heterocycles. The van der Waals surface area contributed by atoms with E-state index < -0.39 is 5.97 Å². The van der Waals surface area contributed by atoms with Gasteiger partial charge in [0, 0.05) is 38.4 Å². The van der Waals surface area contributed by atoms with Crippen molar-refractivity contribution in [1.29, 1.82) is 0 Å². The van der Waals surface area contributed by atoms with Gasteiger partial charge in [0.15, 0.2) is 5.69 Å². The van der Waals surface area contributed by atoms with Gasteiger partial charge >= 0.3 is 5.97 Å². The molecule has 0 amide bonds. The van der Waals surface area contributed by atoms with Gasteiger partial charge in [0.05, 0.1) is 19.9 Å². The van der Waals surface area contributed by atoms with E-state index in [4.69, 9.17) is 4.74 Å².